The molecule has 0 aromatic heterocycles. The molecule has 1 aromatic carbocycles. The number of thioether (sulfide) groups is 1. The molecular formula is C17H19ClN2O5S2. The van der Waals surface area contributed by atoms with Gasteiger partial charge in [0.1, 0.15) is 11.9 Å². The predicted molar refractivity (Wildman–Crippen MR) is 106 cm³/mol. The van der Waals surface area contributed by atoms with Crippen molar-refractivity contribution in [2.75, 3.05) is 30.1 Å². The van der Waals surface area contributed by atoms with E-state index in [4.69, 9.17) is 21.1 Å². The molecule has 3 heterocycles. The minimum absolute atomic E-state index is 0.0292. The number of hydrogen-bond acceptors (Lipinski definition) is 6. The zero-order valence-corrected chi connectivity index (χ0v) is 17.0. The van der Waals surface area contributed by atoms with E-state index in [1.807, 2.05) is 4.90 Å². The number of methoxy groups -OCH3 is 1. The molecule has 1 aromatic rings. The maximum atomic E-state index is 12.5. The normalized spacial score (nSPS) is 30.7. The number of rotatable bonds is 3. The molecule has 1 amide bonds. The summed E-state index contributed by atoms with van der Waals surface area (Å²) in [6.07, 6.45) is 0.995. The van der Waals surface area contributed by atoms with Gasteiger partial charge in [0.25, 0.3) is 5.91 Å². The minimum atomic E-state index is -3.12. The zero-order chi connectivity index (χ0) is 19.2. The average molecular weight is 431 g/mol. The Balaban J connectivity index is 1.70. The number of benzene rings is 1. The van der Waals surface area contributed by atoms with Crippen molar-refractivity contribution in [1.82, 2.24) is 0 Å². The van der Waals surface area contributed by atoms with Gasteiger partial charge in [-0.3, -0.25) is 4.79 Å². The van der Waals surface area contributed by atoms with Crippen molar-refractivity contribution >= 4 is 50.0 Å². The largest absolute Gasteiger partial charge is 0.495 e. The van der Waals surface area contributed by atoms with Crippen LogP contribution in [-0.4, -0.2) is 62.1 Å². The van der Waals surface area contributed by atoms with Crippen molar-refractivity contribution in [3.05, 3.63) is 23.2 Å². The van der Waals surface area contributed by atoms with Gasteiger partial charge in [0, 0.05) is 17.5 Å². The van der Waals surface area contributed by atoms with Crippen molar-refractivity contribution in [2.45, 2.75) is 30.2 Å². The molecule has 0 aliphatic carbocycles. The van der Waals surface area contributed by atoms with Gasteiger partial charge in [-0.15, -0.1) is 0 Å². The van der Waals surface area contributed by atoms with E-state index in [1.165, 1.54) is 18.9 Å². The third-order valence-electron chi connectivity index (χ3n) is 4.89. The third-order valence-corrected chi connectivity index (χ3v) is 8.40. The van der Waals surface area contributed by atoms with Gasteiger partial charge in [0.05, 0.1) is 29.7 Å². The zero-order valence-electron chi connectivity index (χ0n) is 14.6. The molecule has 0 radical (unpaired) electrons. The molecule has 7 nitrogen and oxygen atoms in total. The van der Waals surface area contributed by atoms with Gasteiger partial charge < -0.3 is 14.4 Å². The first-order valence-corrected chi connectivity index (χ1v) is 11.7. The van der Waals surface area contributed by atoms with Crippen molar-refractivity contribution in [2.24, 2.45) is 4.99 Å². The van der Waals surface area contributed by atoms with Gasteiger partial charge in [0.15, 0.2) is 15.0 Å². The van der Waals surface area contributed by atoms with Crippen LogP contribution in [0.2, 0.25) is 5.02 Å². The van der Waals surface area contributed by atoms with E-state index in [-0.39, 0.29) is 28.7 Å². The van der Waals surface area contributed by atoms with Crippen LogP contribution in [0, 0.1) is 0 Å². The lowest BCUT2D eigenvalue weighted by molar-refractivity contribution is -0.126. The fourth-order valence-corrected chi connectivity index (χ4v) is 7.78. The highest BCUT2D eigenvalue weighted by atomic mass is 35.5. The molecule has 0 N–H and O–H groups in total. The van der Waals surface area contributed by atoms with Crippen molar-refractivity contribution < 1.29 is 22.7 Å². The summed E-state index contributed by atoms with van der Waals surface area (Å²) in [5.41, 5.74) is 0.691. The van der Waals surface area contributed by atoms with Gasteiger partial charge in [-0.2, -0.15) is 4.99 Å². The second-order valence-corrected chi connectivity index (χ2v) is 10.5. The van der Waals surface area contributed by atoms with Crippen LogP contribution >= 0.6 is 23.4 Å². The summed E-state index contributed by atoms with van der Waals surface area (Å²) in [6.45, 7) is 0.565. The van der Waals surface area contributed by atoms with E-state index in [0.29, 0.717) is 34.7 Å². The Morgan fingerprint density at radius 1 is 1.41 bits per heavy atom. The third kappa shape index (κ3) is 3.70. The number of ether oxygens (including phenoxy) is 2. The van der Waals surface area contributed by atoms with Crippen molar-refractivity contribution in [3.8, 4) is 5.75 Å². The Morgan fingerprint density at radius 2 is 2.22 bits per heavy atom. The predicted octanol–water partition coefficient (Wildman–Crippen LogP) is 2.13. The van der Waals surface area contributed by atoms with Crippen LogP contribution < -0.4 is 9.64 Å². The molecule has 3 fully saturated rings. The van der Waals surface area contributed by atoms with Crippen LogP contribution in [0.5, 0.6) is 5.75 Å². The quantitative estimate of drug-likeness (QED) is 0.726. The summed E-state index contributed by atoms with van der Waals surface area (Å²) in [4.78, 5) is 18.6. The minimum Gasteiger partial charge on any atom is -0.495 e. The molecule has 3 atom stereocenters. The number of fused-ring (bicyclic) bond motifs is 1. The number of anilines is 1. The number of halogens is 1. The SMILES string of the molecule is COc1ccc(N2C(=NC(=O)[C@@H]3CCCO3)S[C@H]3CS(=O)(=O)C[C@H]32)cc1Cl. The van der Waals surface area contributed by atoms with Gasteiger partial charge in [-0.25, -0.2) is 8.42 Å². The summed E-state index contributed by atoms with van der Waals surface area (Å²) in [5.74, 6) is 0.316. The summed E-state index contributed by atoms with van der Waals surface area (Å²) >= 11 is 7.60. The molecule has 3 saturated heterocycles. The number of sulfone groups is 1. The van der Waals surface area contributed by atoms with Crippen LogP contribution in [0.4, 0.5) is 5.69 Å². The monoisotopic (exact) mass is 430 g/mol. The Morgan fingerprint density at radius 3 is 2.89 bits per heavy atom. The maximum Gasteiger partial charge on any atom is 0.277 e. The second-order valence-electron chi connectivity index (χ2n) is 6.72. The Hall–Kier alpha value is -1.29. The molecular weight excluding hydrogens is 412 g/mol. The fourth-order valence-electron chi connectivity index (χ4n) is 3.61. The van der Waals surface area contributed by atoms with E-state index in [0.717, 1.165) is 6.42 Å². The average Bonchev–Trinajstić information content (AvgIpc) is 3.29. The summed E-state index contributed by atoms with van der Waals surface area (Å²) in [5, 5.41) is 0.752. The molecule has 3 aliphatic heterocycles. The highest BCUT2D eigenvalue weighted by molar-refractivity contribution is 8.16. The highest BCUT2D eigenvalue weighted by Crippen LogP contribution is 2.42. The maximum absolute atomic E-state index is 12.5. The van der Waals surface area contributed by atoms with E-state index < -0.39 is 15.9 Å². The second kappa shape index (κ2) is 7.27. The molecule has 0 saturated carbocycles. The molecule has 0 spiro atoms. The smallest absolute Gasteiger partial charge is 0.277 e. The summed E-state index contributed by atoms with van der Waals surface area (Å²) in [6, 6.07) is 4.95. The van der Waals surface area contributed by atoms with E-state index in [9.17, 15) is 13.2 Å². The van der Waals surface area contributed by atoms with Crippen molar-refractivity contribution in [3.63, 3.8) is 0 Å². The van der Waals surface area contributed by atoms with Crippen LogP contribution in [0.3, 0.4) is 0 Å². The molecule has 10 heteroatoms. The summed E-state index contributed by atoms with van der Waals surface area (Å²) < 4.78 is 34.8. The fraction of sp³-hybridized carbons (Fsp3) is 0.529. The van der Waals surface area contributed by atoms with Gasteiger partial charge >= 0.3 is 0 Å². The van der Waals surface area contributed by atoms with Gasteiger partial charge in [-0.1, -0.05) is 23.4 Å². The molecule has 4 rings (SSSR count). The number of nitrogens with zero attached hydrogens (tertiary/aromatic N) is 2. The number of carbonyl (C=O) groups excluding carboxylic acids is 1. The van der Waals surface area contributed by atoms with Crippen LogP contribution in [0.15, 0.2) is 23.2 Å². The van der Waals surface area contributed by atoms with Crippen LogP contribution in [0.25, 0.3) is 0 Å². The first-order chi connectivity index (χ1) is 12.9. The topological polar surface area (TPSA) is 85.3 Å². The Bertz CT molecular complexity index is 899. The first kappa shape index (κ1) is 19.0. The molecule has 0 unspecified atom stereocenters. The van der Waals surface area contributed by atoms with Gasteiger partial charge in [-0.05, 0) is 31.0 Å². The lowest BCUT2D eigenvalue weighted by atomic mass is 10.2. The number of amidine groups is 1. The standard InChI is InChI=1S/C17H19ClN2O5S2/c1-24-13-5-4-10(7-11(13)18)20-12-8-27(22,23)9-15(12)26-17(20)19-16(21)14-3-2-6-25-14/h4-5,7,12,14-15H,2-3,6,8-9H2,1H3/t12-,14+,15+/m1/s1. The summed E-state index contributed by atoms with van der Waals surface area (Å²) in [7, 11) is -1.59. The van der Waals surface area contributed by atoms with E-state index >= 15 is 0 Å². The highest BCUT2D eigenvalue weighted by Gasteiger charge is 2.49. The van der Waals surface area contributed by atoms with E-state index in [2.05, 4.69) is 4.99 Å². The van der Waals surface area contributed by atoms with Crippen LogP contribution in [-0.2, 0) is 19.4 Å². The number of hydrogen-bond donors (Lipinski definition) is 0. The van der Waals surface area contributed by atoms with Crippen molar-refractivity contribution in [1.29, 1.82) is 0 Å². The van der Waals surface area contributed by atoms with Crippen LogP contribution in [0.1, 0.15) is 12.8 Å². The molecule has 0 bridgehead atoms. The first-order valence-electron chi connectivity index (χ1n) is 8.62. The molecule has 146 valence electrons. The lowest BCUT2D eigenvalue weighted by Gasteiger charge is -2.25. The van der Waals surface area contributed by atoms with Gasteiger partial charge in [0.2, 0.25) is 0 Å². The van der Waals surface area contributed by atoms with E-state index in [1.54, 1.807) is 18.2 Å². The molecule has 27 heavy (non-hydrogen) atoms. The Kier molecular flexibility index (Phi) is 5.13. The lowest BCUT2D eigenvalue weighted by Crippen LogP contribution is -2.38. The number of amides is 1. The number of carbonyl (C=O) groups is 1. The Labute approximate surface area is 167 Å². The number of aliphatic imine (C=N–C) groups is 1. The molecule has 3 aliphatic rings.